The monoisotopic (exact) mass is 264 g/mol. The summed E-state index contributed by atoms with van der Waals surface area (Å²) >= 11 is 0. The van der Waals surface area contributed by atoms with Gasteiger partial charge in [-0.3, -0.25) is 0 Å². The maximum atomic E-state index is 13.1. The third-order valence-electron chi connectivity index (χ3n) is 2.73. The molecule has 2 aromatic rings. The van der Waals surface area contributed by atoms with Gasteiger partial charge in [0.05, 0.1) is 0 Å². The van der Waals surface area contributed by atoms with Gasteiger partial charge in [0.2, 0.25) is 0 Å². The fourth-order valence-corrected chi connectivity index (χ4v) is 1.79. The fraction of sp³-hybridized carbons (Fsp3) is 0.385. The summed E-state index contributed by atoms with van der Waals surface area (Å²) in [4.78, 5) is 4.14. The number of nitrogens with two attached hydrogens (primary N) is 1. The van der Waals surface area contributed by atoms with Gasteiger partial charge in [0.25, 0.3) is 0 Å². The number of aromatic nitrogens is 3. The molecule has 0 fully saturated rings. The van der Waals surface area contributed by atoms with Crippen LogP contribution in [0.4, 0.5) is 4.39 Å². The van der Waals surface area contributed by atoms with Gasteiger partial charge in [-0.1, -0.05) is 6.92 Å². The van der Waals surface area contributed by atoms with Crippen molar-refractivity contribution >= 4 is 0 Å². The van der Waals surface area contributed by atoms with Crippen molar-refractivity contribution in [1.29, 1.82) is 0 Å². The molecule has 19 heavy (non-hydrogen) atoms. The third kappa shape index (κ3) is 3.29. The standard InChI is InChI=1S/C13H17FN4O/c1-2-5-18-13(16-9-17-18)8-19-12-4-3-11(14)6-10(12)7-15/h3-4,6,9H,2,5,7-8,15H2,1H3. The second-order valence-electron chi connectivity index (χ2n) is 4.14. The highest BCUT2D eigenvalue weighted by Crippen LogP contribution is 2.20. The number of aryl methyl sites for hydroxylation is 1. The summed E-state index contributed by atoms with van der Waals surface area (Å²) in [5.41, 5.74) is 6.21. The Balaban J connectivity index is 2.07. The van der Waals surface area contributed by atoms with Crippen LogP contribution in [0.1, 0.15) is 24.7 Å². The average Bonchev–Trinajstić information content (AvgIpc) is 2.85. The molecule has 6 heteroatoms. The first-order valence-corrected chi connectivity index (χ1v) is 6.22. The lowest BCUT2D eigenvalue weighted by Gasteiger charge is -2.10. The number of ether oxygens (including phenoxy) is 1. The zero-order chi connectivity index (χ0) is 13.7. The van der Waals surface area contributed by atoms with Crippen molar-refractivity contribution < 1.29 is 9.13 Å². The van der Waals surface area contributed by atoms with Gasteiger partial charge in [0, 0.05) is 18.7 Å². The van der Waals surface area contributed by atoms with Crippen LogP contribution < -0.4 is 10.5 Å². The molecular formula is C13H17FN4O. The van der Waals surface area contributed by atoms with E-state index in [9.17, 15) is 4.39 Å². The minimum absolute atomic E-state index is 0.231. The number of halogens is 1. The molecule has 0 aliphatic carbocycles. The number of hydrogen-bond acceptors (Lipinski definition) is 4. The van der Waals surface area contributed by atoms with E-state index in [2.05, 4.69) is 17.0 Å². The second-order valence-corrected chi connectivity index (χ2v) is 4.14. The largest absolute Gasteiger partial charge is 0.485 e. The Morgan fingerprint density at radius 2 is 2.26 bits per heavy atom. The van der Waals surface area contributed by atoms with E-state index in [1.165, 1.54) is 18.5 Å². The summed E-state index contributed by atoms with van der Waals surface area (Å²) in [7, 11) is 0. The fourth-order valence-electron chi connectivity index (χ4n) is 1.79. The van der Waals surface area contributed by atoms with Crippen LogP contribution in [0.3, 0.4) is 0 Å². The molecule has 1 heterocycles. The number of nitrogens with zero attached hydrogens (tertiary/aromatic N) is 3. The van der Waals surface area contributed by atoms with Crippen LogP contribution >= 0.6 is 0 Å². The van der Waals surface area contributed by atoms with Crippen molar-refractivity contribution in [3.63, 3.8) is 0 Å². The number of hydrogen-bond donors (Lipinski definition) is 1. The molecule has 0 amide bonds. The second kappa shape index (κ2) is 6.29. The van der Waals surface area contributed by atoms with E-state index in [-0.39, 0.29) is 12.4 Å². The number of benzene rings is 1. The Hall–Kier alpha value is -1.95. The molecule has 1 aromatic carbocycles. The van der Waals surface area contributed by atoms with Crippen LogP contribution in [0, 0.1) is 5.82 Å². The molecule has 0 saturated carbocycles. The van der Waals surface area contributed by atoms with Crippen molar-refractivity contribution in [1.82, 2.24) is 14.8 Å². The molecule has 0 radical (unpaired) electrons. The summed E-state index contributed by atoms with van der Waals surface area (Å²) in [5, 5.41) is 4.12. The number of rotatable bonds is 6. The molecule has 0 saturated heterocycles. The van der Waals surface area contributed by atoms with E-state index in [4.69, 9.17) is 10.5 Å². The van der Waals surface area contributed by atoms with Crippen molar-refractivity contribution in [2.24, 2.45) is 5.73 Å². The van der Waals surface area contributed by atoms with Crippen LogP contribution in [0.25, 0.3) is 0 Å². The SMILES string of the molecule is CCCn1ncnc1COc1ccc(F)cc1CN. The van der Waals surface area contributed by atoms with Gasteiger partial charge in [-0.2, -0.15) is 5.10 Å². The summed E-state index contributed by atoms with van der Waals surface area (Å²) in [6.45, 7) is 3.39. The smallest absolute Gasteiger partial charge is 0.164 e. The first kappa shape index (κ1) is 13.5. The third-order valence-corrected chi connectivity index (χ3v) is 2.73. The van der Waals surface area contributed by atoms with Crippen molar-refractivity contribution in [3.8, 4) is 5.75 Å². The van der Waals surface area contributed by atoms with E-state index >= 15 is 0 Å². The zero-order valence-electron chi connectivity index (χ0n) is 10.8. The van der Waals surface area contributed by atoms with Gasteiger partial charge < -0.3 is 10.5 Å². The molecule has 5 nitrogen and oxygen atoms in total. The predicted octanol–water partition coefficient (Wildman–Crippen LogP) is 1.86. The molecule has 0 bridgehead atoms. The molecule has 0 spiro atoms. The van der Waals surface area contributed by atoms with Crippen LogP contribution in [-0.2, 0) is 19.7 Å². The lowest BCUT2D eigenvalue weighted by atomic mass is 10.2. The Bertz CT molecular complexity index is 541. The predicted molar refractivity (Wildman–Crippen MR) is 68.9 cm³/mol. The Morgan fingerprint density at radius 3 is 3.00 bits per heavy atom. The van der Waals surface area contributed by atoms with Crippen molar-refractivity contribution in [3.05, 3.63) is 41.7 Å². The summed E-state index contributed by atoms with van der Waals surface area (Å²) < 4.78 is 20.5. The normalized spacial score (nSPS) is 10.7. The van der Waals surface area contributed by atoms with Gasteiger partial charge in [-0.25, -0.2) is 14.1 Å². The van der Waals surface area contributed by atoms with Gasteiger partial charge >= 0.3 is 0 Å². The van der Waals surface area contributed by atoms with Crippen LogP contribution in [-0.4, -0.2) is 14.8 Å². The highest BCUT2D eigenvalue weighted by atomic mass is 19.1. The topological polar surface area (TPSA) is 66.0 Å². The minimum Gasteiger partial charge on any atom is -0.485 e. The minimum atomic E-state index is -0.318. The Labute approximate surface area is 111 Å². The van der Waals surface area contributed by atoms with Crippen LogP contribution in [0.5, 0.6) is 5.75 Å². The van der Waals surface area contributed by atoms with E-state index in [1.807, 2.05) is 0 Å². The van der Waals surface area contributed by atoms with Gasteiger partial charge in [0.15, 0.2) is 5.82 Å². The molecule has 102 valence electrons. The molecule has 0 aliphatic heterocycles. The van der Waals surface area contributed by atoms with Crippen molar-refractivity contribution in [2.75, 3.05) is 0 Å². The van der Waals surface area contributed by atoms with Gasteiger partial charge in [0.1, 0.15) is 24.5 Å². The van der Waals surface area contributed by atoms with E-state index in [0.717, 1.165) is 18.8 Å². The summed E-state index contributed by atoms with van der Waals surface area (Å²) in [6.07, 6.45) is 2.48. The first-order chi connectivity index (χ1) is 9.24. The highest BCUT2D eigenvalue weighted by molar-refractivity contribution is 5.33. The molecule has 2 N–H and O–H groups in total. The van der Waals surface area contributed by atoms with Crippen LogP contribution in [0.15, 0.2) is 24.5 Å². The zero-order valence-corrected chi connectivity index (χ0v) is 10.8. The van der Waals surface area contributed by atoms with Gasteiger partial charge in [-0.05, 0) is 24.6 Å². The average molecular weight is 264 g/mol. The first-order valence-electron chi connectivity index (χ1n) is 6.22. The summed E-state index contributed by atoms with van der Waals surface area (Å²) in [5.74, 6) is 1.01. The molecule has 0 aliphatic rings. The lowest BCUT2D eigenvalue weighted by molar-refractivity contribution is 0.283. The van der Waals surface area contributed by atoms with E-state index in [0.29, 0.717) is 17.9 Å². The van der Waals surface area contributed by atoms with Crippen LogP contribution in [0.2, 0.25) is 0 Å². The van der Waals surface area contributed by atoms with E-state index in [1.54, 1.807) is 10.7 Å². The molecule has 1 aromatic heterocycles. The molecule has 2 rings (SSSR count). The van der Waals surface area contributed by atoms with Gasteiger partial charge in [-0.15, -0.1) is 0 Å². The Kier molecular flexibility index (Phi) is 4.46. The van der Waals surface area contributed by atoms with E-state index < -0.39 is 0 Å². The molecular weight excluding hydrogens is 247 g/mol. The highest BCUT2D eigenvalue weighted by Gasteiger charge is 2.08. The maximum absolute atomic E-state index is 13.1. The molecule has 0 unspecified atom stereocenters. The quantitative estimate of drug-likeness (QED) is 0.865. The lowest BCUT2D eigenvalue weighted by Crippen LogP contribution is -2.10. The maximum Gasteiger partial charge on any atom is 0.164 e. The summed E-state index contributed by atoms with van der Waals surface area (Å²) in [6, 6.07) is 4.31. The van der Waals surface area contributed by atoms with Crippen molar-refractivity contribution in [2.45, 2.75) is 33.0 Å². The molecule has 0 atom stereocenters. The Morgan fingerprint density at radius 1 is 1.42 bits per heavy atom.